The van der Waals surface area contributed by atoms with Gasteiger partial charge in [0.2, 0.25) is 0 Å². The molecule has 0 heterocycles. The van der Waals surface area contributed by atoms with Crippen molar-refractivity contribution in [2.45, 2.75) is 56.0 Å². The number of unbranched alkanes of at least 4 members (excludes halogenated alkanes) is 2. The molecule has 0 nitrogen and oxygen atoms in total. The predicted octanol–water partition coefficient (Wildman–Crippen LogP) is 5.94. The van der Waals surface area contributed by atoms with Crippen LogP contribution in [0.5, 0.6) is 0 Å². The van der Waals surface area contributed by atoms with Crippen molar-refractivity contribution in [3.8, 4) is 0 Å². The first-order valence-corrected chi connectivity index (χ1v) is 11.1. The maximum Gasteiger partial charge on any atom is 0.0451 e. The number of benzene rings is 1. The fraction of sp³-hybridized carbons (Fsp3) is 0.391. The number of hydrogen-bond donors (Lipinski definition) is 0. The maximum atomic E-state index is 2.56. The first kappa shape index (κ1) is 17.2. The van der Waals surface area contributed by atoms with E-state index in [4.69, 9.17) is 0 Å². The van der Waals surface area contributed by atoms with E-state index in [0.29, 0.717) is 5.04 Å². The largest absolute Gasteiger partial charge is 0.0840 e. The Morgan fingerprint density at radius 3 is 2.71 bits per heavy atom. The molecule has 3 rings (SSSR count). The molecule has 0 fully saturated rings. The van der Waals surface area contributed by atoms with Crippen LogP contribution in [0.4, 0.5) is 0 Å². The summed E-state index contributed by atoms with van der Waals surface area (Å²) in [6.45, 7) is 2.31. The third-order valence-corrected chi connectivity index (χ3v) is 8.43. The molecule has 0 radical (unpaired) electrons. The summed E-state index contributed by atoms with van der Waals surface area (Å²) in [6, 6.07) is 11.0. The van der Waals surface area contributed by atoms with Gasteiger partial charge >= 0.3 is 0 Å². The summed E-state index contributed by atoms with van der Waals surface area (Å²) in [5, 5.41) is 0.499. The first-order chi connectivity index (χ1) is 11.8. The average Bonchev–Trinajstić information content (AvgIpc) is 3.03. The summed E-state index contributed by atoms with van der Waals surface area (Å²) in [5.41, 5.74) is 3.83. The Hall–Kier alpha value is -1.60. The minimum atomic E-state index is -0.249. The van der Waals surface area contributed by atoms with E-state index in [1.807, 2.05) is 0 Å². The molecule has 2 unspecified atom stereocenters. The average molecular weight is 335 g/mol. The third-order valence-electron chi connectivity index (χ3n) is 5.51. The van der Waals surface area contributed by atoms with E-state index in [2.05, 4.69) is 79.8 Å². The lowest BCUT2D eigenvalue weighted by molar-refractivity contribution is 0.552. The lowest BCUT2D eigenvalue weighted by atomic mass is 9.93. The quantitative estimate of drug-likeness (QED) is 0.408. The molecule has 2 atom stereocenters. The molecule has 0 bridgehead atoms. The fourth-order valence-corrected chi connectivity index (χ4v) is 6.87. The molecule has 2 aliphatic rings. The summed E-state index contributed by atoms with van der Waals surface area (Å²) in [5.74, 6) is 0. The van der Waals surface area contributed by atoms with Crippen LogP contribution >= 0.6 is 0 Å². The Morgan fingerprint density at radius 1 is 1.08 bits per heavy atom. The van der Waals surface area contributed by atoms with Gasteiger partial charge in [0.05, 0.1) is 0 Å². The van der Waals surface area contributed by atoms with Crippen molar-refractivity contribution in [3.63, 3.8) is 0 Å². The number of rotatable bonds is 8. The van der Waals surface area contributed by atoms with Gasteiger partial charge in [-0.2, -0.15) is 0 Å². The minimum absolute atomic E-state index is 0.249. The summed E-state index contributed by atoms with van der Waals surface area (Å²) in [4.78, 5) is 0. The molecular weight excluding hydrogens is 304 g/mol. The second kappa shape index (κ2) is 8.48. The van der Waals surface area contributed by atoms with Gasteiger partial charge in [-0.15, -0.1) is 0 Å². The van der Waals surface area contributed by atoms with Crippen molar-refractivity contribution in [1.29, 1.82) is 0 Å². The highest BCUT2D eigenvalue weighted by Crippen LogP contribution is 2.45. The van der Waals surface area contributed by atoms with E-state index in [1.165, 1.54) is 37.7 Å². The third kappa shape index (κ3) is 4.48. The van der Waals surface area contributed by atoms with E-state index in [0.717, 1.165) is 12.0 Å². The maximum absolute atomic E-state index is 2.56. The Morgan fingerprint density at radius 2 is 1.96 bits per heavy atom. The lowest BCUT2D eigenvalue weighted by Gasteiger charge is -2.34. The van der Waals surface area contributed by atoms with Gasteiger partial charge in [0.1, 0.15) is 0 Å². The normalized spacial score (nSPS) is 25.7. The Kier molecular flexibility index (Phi) is 6.09. The summed E-state index contributed by atoms with van der Waals surface area (Å²) in [7, 11) is -0.249. The van der Waals surface area contributed by atoms with Crippen molar-refractivity contribution in [2.75, 3.05) is 0 Å². The van der Waals surface area contributed by atoms with E-state index in [-0.39, 0.29) is 9.52 Å². The van der Waals surface area contributed by atoms with Crippen LogP contribution < -0.4 is 0 Å². The van der Waals surface area contributed by atoms with Crippen molar-refractivity contribution < 1.29 is 0 Å². The van der Waals surface area contributed by atoms with Crippen LogP contribution in [0.15, 0.2) is 78.4 Å². The molecule has 0 amide bonds. The van der Waals surface area contributed by atoms with Gasteiger partial charge < -0.3 is 0 Å². The SMILES string of the molecule is CCCCCC1([SiH2]C2C=CC=C2Cc2ccccc2)C=CC=CC1. The zero-order chi connectivity index (χ0) is 16.7. The highest BCUT2D eigenvalue weighted by molar-refractivity contribution is 6.45. The molecule has 1 heteroatoms. The van der Waals surface area contributed by atoms with Crippen LogP contribution in [0.2, 0.25) is 10.6 Å². The van der Waals surface area contributed by atoms with E-state index in [1.54, 1.807) is 5.57 Å². The fourth-order valence-electron chi connectivity index (χ4n) is 4.09. The molecule has 0 aliphatic heterocycles. The highest BCUT2D eigenvalue weighted by Gasteiger charge is 2.31. The summed E-state index contributed by atoms with van der Waals surface area (Å²) < 4.78 is 0. The van der Waals surface area contributed by atoms with Crippen molar-refractivity contribution in [3.05, 3.63) is 84.0 Å². The minimum Gasteiger partial charge on any atom is -0.0840 e. The Balaban J connectivity index is 1.67. The Labute approximate surface area is 149 Å². The van der Waals surface area contributed by atoms with Gasteiger partial charge in [-0.05, 0) is 35.4 Å². The molecule has 24 heavy (non-hydrogen) atoms. The molecule has 0 N–H and O–H groups in total. The molecule has 0 saturated carbocycles. The van der Waals surface area contributed by atoms with Crippen LogP contribution in [0.1, 0.15) is 44.6 Å². The van der Waals surface area contributed by atoms with Crippen LogP contribution in [-0.4, -0.2) is 9.52 Å². The van der Waals surface area contributed by atoms with Crippen molar-refractivity contribution >= 4 is 9.52 Å². The van der Waals surface area contributed by atoms with Gasteiger partial charge in [0.15, 0.2) is 0 Å². The Bertz CT molecular complexity index is 635. The van der Waals surface area contributed by atoms with Gasteiger partial charge in [0.25, 0.3) is 0 Å². The number of allylic oxidation sites excluding steroid dienone is 8. The first-order valence-electron chi connectivity index (χ1n) is 9.57. The zero-order valence-electron chi connectivity index (χ0n) is 15.0. The van der Waals surface area contributed by atoms with Gasteiger partial charge in [-0.3, -0.25) is 0 Å². The van der Waals surface area contributed by atoms with E-state index < -0.39 is 0 Å². The van der Waals surface area contributed by atoms with Crippen molar-refractivity contribution in [1.82, 2.24) is 0 Å². The van der Waals surface area contributed by atoms with Crippen LogP contribution in [0.3, 0.4) is 0 Å². The zero-order valence-corrected chi connectivity index (χ0v) is 16.4. The standard InChI is InChI=1S/C23H30Si/c1-2-3-8-16-23(17-9-5-10-18-23)24-22-15-11-14-21(22)19-20-12-6-4-7-13-20/h4-7,9-15,17,22H,2-3,8,16,18-19,24H2,1H3. The summed E-state index contributed by atoms with van der Waals surface area (Å²) in [6.07, 6.45) is 24.5. The molecular formula is C23H30Si. The summed E-state index contributed by atoms with van der Waals surface area (Å²) >= 11 is 0. The molecule has 1 aromatic rings. The molecule has 1 aromatic carbocycles. The molecule has 126 valence electrons. The highest BCUT2D eigenvalue weighted by atomic mass is 28.2. The second-order valence-corrected chi connectivity index (χ2v) is 10.1. The number of hydrogen-bond acceptors (Lipinski definition) is 0. The molecule has 0 saturated heterocycles. The second-order valence-electron chi connectivity index (χ2n) is 7.41. The predicted molar refractivity (Wildman–Crippen MR) is 109 cm³/mol. The van der Waals surface area contributed by atoms with Gasteiger partial charge in [-0.1, -0.05) is 105 Å². The lowest BCUT2D eigenvalue weighted by Crippen LogP contribution is -2.23. The molecule has 0 aromatic heterocycles. The van der Waals surface area contributed by atoms with Gasteiger partial charge in [0, 0.05) is 9.52 Å². The van der Waals surface area contributed by atoms with Crippen LogP contribution in [0.25, 0.3) is 0 Å². The van der Waals surface area contributed by atoms with E-state index >= 15 is 0 Å². The van der Waals surface area contributed by atoms with Crippen molar-refractivity contribution in [2.24, 2.45) is 0 Å². The monoisotopic (exact) mass is 334 g/mol. The smallest absolute Gasteiger partial charge is 0.0451 e. The van der Waals surface area contributed by atoms with E-state index in [9.17, 15) is 0 Å². The van der Waals surface area contributed by atoms with Crippen LogP contribution in [0, 0.1) is 0 Å². The molecule has 0 spiro atoms. The molecule has 2 aliphatic carbocycles. The topological polar surface area (TPSA) is 0 Å². The van der Waals surface area contributed by atoms with Gasteiger partial charge in [-0.25, -0.2) is 0 Å². The van der Waals surface area contributed by atoms with Crippen LogP contribution in [-0.2, 0) is 6.42 Å².